The maximum atomic E-state index is 5.96. The molecule has 1 heterocycles. The van der Waals surface area contributed by atoms with Crippen molar-refractivity contribution in [3.05, 3.63) is 88.4 Å². The molecule has 0 atom stereocenters. The van der Waals surface area contributed by atoms with Gasteiger partial charge < -0.3 is 11.1 Å². The summed E-state index contributed by atoms with van der Waals surface area (Å²) in [5.41, 5.74) is 10.2. The van der Waals surface area contributed by atoms with Crippen LogP contribution >= 0.6 is 24.0 Å². The zero-order chi connectivity index (χ0) is 23.1. The molecule has 0 aliphatic heterocycles. The number of aromatic nitrogens is 2. The summed E-state index contributed by atoms with van der Waals surface area (Å²) in [6, 6.07) is 1.79. The van der Waals surface area contributed by atoms with Crippen molar-refractivity contribution in [3.63, 3.8) is 0 Å². The number of thiocarbonyl (C=S) groups is 1. The van der Waals surface area contributed by atoms with Crippen LogP contribution in [0.1, 0.15) is 52.8 Å². The average Bonchev–Trinajstić information content (AvgIpc) is 2.80. The quantitative estimate of drug-likeness (QED) is 0.214. The van der Waals surface area contributed by atoms with Crippen molar-refractivity contribution in [1.82, 2.24) is 15.3 Å². The minimum Gasteiger partial charge on any atom is -0.404 e. The van der Waals surface area contributed by atoms with Crippen LogP contribution in [-0.2, 0) is 0 Å². The number of allylic oxidation sites excluding steroid dienone is 5. The van der Waals surface area contributed by atoms with Gasteiger partial charge >= 0.3 is 0 Å². The van der Waals surface area contributed by atoms with E-state index >= 15 is 0 Å². The minimum absolute atomic E-state index is 0.617. The van der Waals surface area contributed by atoms with E-state index in [1.54, 1.807) is 42.5 Å². The van der Waals surface area contributed by atoms with Gasteiger partial charge in [0.05, 0.1) is 0 Å². The molecule has 0 bridgehead atoms. The number of nitrogens with one attached hydrogen (secondary N) is 1. The highest BCUT2D eigenvalue weighted by molar-refractivity contribution is 8.06. The summed E-state index contributed by atoms with van der Waals surface area (Å²) in [4.78, 5) is 10.5. The van der Waals surface area contributed by atoms with Gasteiger partial charge in [-0.15, -0.1) is 0 Å². The highest BCUT2D eigenvalue weighted by atomic mass is 32.2. The molecule has 0 fully saturated rings. The molecule has 4 nitrogen and oxygen atoms in total. The van der Waals surface area contributed by atoms with E-state index < -0.39 is 0 Å². The molecule has 0 aromatic carbocycles. The highest BCUT2D eigenvalue weighted by Crippen LogP contribution is 2.34. The molecule has 0 aliphatic rings. The minimum atomic E-state index is 0.617. The predicted molar refractivity (Wildman–Crippen MR) is 141 cm³/mol. The Kier molecular flexibility index (Phi) is 13.2. The maximum absolute atomic E-state index is 5.96. The van der Waals surface area contributed by atoms with E-state index in [0.717, 1.165) is 40.3 Å². The smallest absolute Gasteiger partial charge is 0.161 e. The van der Waals surface area contributed by atoms with Gasteiger partial charge in [0, 0.05) is 35.6 Å². The van der Waals surface area contributed by atoms with Crippen LogP contribution < -0.4 is 11.1 Å². The van der Waals surface area contributed by atoms with E-state index in [0.29, 0.717) is 12.4 Å². The zero-order valence-electron chi connectivity index (χ0n) is 19.0. The standard InChI is InChI=1S/C25H34N4S2/c1-6-9-12-21(13-10-7-2)17-29-25(30)20(5)18-31-23(19(4)8-3)22(16-26)24-27-14-11-15-28-24/h6,9,11-16,18H,1,7-8,10,17,26H2,2-5H3,(H,29,30)/b12-9-,20-18+,21-13+,22-16?,23-19-. The number of unbranched alkanes of at least 4 members (excludes halogenated alkanes) is 1. The van der Waals surface area contributed by atoms with Crippen molar-refractivity contribution in [2.45, 2.75) is 47.0 Å². The lowest BCUT2D eigenvalue weighted by Gasteiger charge is -2.13. The molecule has 1 aromatic rings. The second kappa shape index (κ2) is 15.4. The second-order valence-corrected chi connectivity index (χ2v) is 8.17. The fraction of sp³-hybridized carbons (Fsp3) is 0.320. The van der Waals surface area contributed by atoms with Crippen LogP contribution in [0.4, 0.5) is 0 Å². The molecule has 166 valence electrons. The van der Waals surface area contributed by atoms with Gasteiger partial charge in [0.25, 0.3) is 0 Å². The summed E-state index contributed by atoms with van der Waals surface area (Å²) in [5, 5.41) is 5.42. The Morgan fingerprint density at radius 2 is 1.97 bits per heavy atom. The summed E-state index contributed by atoms with van der Waals surface area (Å²) in [6.07, 6.45) is 16.1. The lowest BCUT2D eigenvalue weighted by Crippen LogP contribution is -2.24. The SMILES string of the molecule is C=C/C=C\C(=C/CCC)CNC(=S)/C(C)=C/S/C(C(=CN)c1ncccn1)=C(/C)CC. The largest absolute Gasteiger partial charge is 0.404 e. The van der Waals surface area contributed by atoms with E-state index in [4.69, 9.17) is 18.0 Å². The van der Waals surface area contributed by atoms with Crippen molar-refractivity contribution in [2.75, 3.05) is 6.54 Å². The van der Waals surface area contributed by atoms with Gasteiger partial charge in [0.2, 0.25) is 0 Å². The fourth-order valence-corrected chi connectivity index (χ4v) is 3.74. The third-order valence-electron chi connectivity index (χ3n) is 4.44. The molecule has 0 unspecified atom stereocenters. The van der Waals surface area contributed by atoms with Crippen LogP contribution in [0.25, 0.3) is 5.57 Å². The van der Waals surface area contributed by atoms with Gasteiger partial charge in [-0.1, -0.05) is 80.7 Å². The van der Waals surface area contributed by atoms with Crippen LogP contribution in [0.15, 0.2) is 82.6 Å². The molecular weight excluding hydrogens is 420 g/mol. The third-order valence-corrected chi connectivity index (χ3v) is 6.18. The first-order valence-electron chi connectivity index (χ1n) is 10.5. The summed E-state index contributed by atoms with van der Waals surface area (Å²) < 4.78 is 0. The van der Waals surface area contributed by atoms with Crippen LogP contribution in [0.3, 0.4) is 0 Å². The first-order chi connectivity index (χ1) is 15.0. The number of hydrogen-bond acceptors (Lipinski definition) is 5. The summed E-state index contributed by atoms with van der Waals surface area (Å²) in [5.74, 6) is 0.617. The van der Waals surface area contributed by atoms with Gasteiger partial charge in [-0.2, -0.15) is 0 Å². The van der Waals surface area contributed by atoms with Crippen LogP contribution in [0.5, 0.6) is 0 Å². The maximum Gasteiger partial charge on any atom is 0.161 e. The molecule has 0 amide bonds. The number of hydrogen-bond donors (Lipinski definition) is 2. The normalized spacial score (nSPS) is 13.9. The first-order valence-corrected chi connectivity index (χ1v) is 11.8. The van der Waals surface area contributed by atoms with Crippen LogP contribution in [-0.4, -0.2) is 21.5 Å². The molecule has 31 heavy (non-hydrogen) atoms. The van der Waals surface area contributed by atoms with Crippen LogP contribution in [0.2, 0.25) is 0 Å². The summed E-state index contributed by atoms with van der Waals surface area (Å²) in [6.45, 7) is 12.8. The Morgan fingerprint density at radius 3 is 2.55 bits per heavy atom. The van der Waals surface area contributed by atoms with Crippen LogP contribution in [0, 0.1) is 0 Å². The Hall–Kier alpha value is -2.44. The Labute approximate surface area is 197 Å². The Morgan fingerprint density at radius 1 is 1.26 bits per heavy atom. The van der Waals surface area contributed by atoms with Crippen molar-refractivity contribution in [1.29, 1.82) is 0 Å². The van der Waals surface area contributed by atoms with Gasteiger partial charge in [-0.05, 0) is 49.3 Å². The molecule has 1 rings (SSSR count). The molecule has 6 heteroatoms. The van der Waals surface area contributed by atoms with Gasteiger partial charge in [-0.25, -0.2) is 9.97 Å². The second-order valence-electron chi connectivity index (χ2n) is 6.88. The lowest BCUT2D eigenvalue weighted by atomic mass is 10.1. The number of nitrogens with zero attached hydrogens (tertiary/aromatic N) is 2. The lowest BCUT2D eigenvalue weighted by molar-refractivity contribution is 0.933. The van der Waals surface area contributed by atoms with E-state index in [1.165, 1.54) is 11.1 Å². The molecule has 1 aromatic heterocycles. The number of nitrogens with two attached hydrogens (primary N) is 1. The molecule has 0 spiro atoms. The molecule has 0 saturated carbocycles. The summed E-state index contributed by atoms with van der Waals surface area (Å²) >= 11 is 7.21. The monoisotopic (exact) mass is 454 g/mol. The average molecular weight is 455 g/mol. The first kappa shape index (κ1) is 26.6. The van der Waals surface area contributed by atoms with Gasteiger partial charge in [0.15, 0.2) is 5.82 Å². The molecular formula is C25H34N4S2. The van der Waals surface area contributed by atoms with Crippen molar-refractivity contribution < 1.29 is 0 Å². The van der Waals surface area contributed by atoms with E-state index in [2.05, 4.69) is 60.2 Å². The molecule has 0 radical (unpaired) electrons. The predicted octanol–water partition coefficient (Wildman–Crippen LogP) is 6.48. The van der Waals surface area contributed by atoms with Gasteiger partial charge in [0.1, 0.15) is 4.99 Å². The zero-order valence-corrected chi connectivity index (χ0v) is 20.7. The van der Waals surface area contributed by atoms with Gasteiger partial charge in [-0.3, -0.25) is 0 Å². The summed E-state index contributed by atoms with van der Waals surface area (Å²) in [7, 11) is 0. The van der Waals surface area contributed by atoms with E-state index in [9.17, 15) is 0 Å². The Bertz CT molecular complexity index is 878. The van der Waals surface area contributed by atoms with Crippen molar-refractivity contribution in [2.24, 2.45) is 5.73 Å². The highest BCUT2D eigenvalue weighted by Gasteiger charge is 2.13. The van der Waals surface area contributed by atoms with E-state index in [-0.39, 0.29) is 0 Å². The van der Waals surface area contributed by atoms with E-state index in [1.807, 2.05) is 13.0 Å². The Balaban J connectivity index is 2.95. The molecule has 3 N–H and O–H groups in total. The van der Waals surface area contributed by atoms with Crippen molar-refractivity contribution in [3.8, 4) is 0 Å². The number of rotatable bonds is 12. The number of thioether (sulfide) groups is 1. The third kappa shape index (κ3) is 9.49. The molecule has 0 saturated heterocycles. The topological polar surface area (TPSA) is 63.8 Å². The fourth-order valence-electron chi connectivity index (χ4n) is 2.49. The molecule has 0 aliphatic carbocycles. The van der Waals surface area contributed by atoms with Crippen molar-refractivity contribution >= 4 is 34.5 Å².